The van der Waals surface area contributed by atoms with Gasteiger partial charge in [-0.2, -0.15) is 0 Å². The first-order valence-electron chi connectivity index (χ1n) is 7.36. The number of benzene rings is 2. The van der Waals surface area contributed by atoms with Crippen LogP contribution in [-0.4, -0.2) is 36.9 Å². The molecule has 1 N–H and O–H groups in total. The number of aromatic carboxylic acids is 1. The van der Waals surface area contributed by atoms with E-state index in [1.165, 1.54) is 38.5 Å². The molecular weight excluding hydrogens is 324 g/mol. The lowest BCUT2D eigenvalue weighted by Gasteiger charge is -2.07. The number of carbonyl (C=O) groups is 3. The molecular formula is C19H14O6. The number of carbonyl (C=O) groups excluding carboxylic acids is 2. The van der Waals surface area contributed by atoms with Crippen LogP contribution in [0, 0.1) is 0 Å². The van der Waals surface area contributed by atoms with Gasteiger partial charge in [-0.3, -0.25) is 9.59 Å². The van der Waals surface area contributed by atoms with E-state index < -0.39 is 17.5 Å². The average molecular weight is 338 g/mol. The normalized spacial score (nSPS) is 14.6. The molecule has 2 aromatic carbocycles. The minimum absolute atomic E-state index is 0.00948. The van der Waals surface area contributed by atoms with Gasteiger partial charge in [0.05, 0.1) is 25.4 Å². The molecule has 0 radical (unpaired) electrons. The molecule has 0 aromatic heterocycles. The molecule has 0 atom stereocenters. The summed E-state index contributed by atoms with van der Waals surface area (Å²) in [7, 11) is 3.00. The Morgan fingerprint density at radius 2 is 1.60 bits per heavy atom. The van der Waals surface area contributed by atoms with Crippen molar-refractivity contribution in [1.29, 1.82) is 0 Å². The lowest BCUT2D eigenvalue weighted by molar-refractivity contribution is 0.0696. The van der Waals surface area contributed by atoms with Crippen LogP contribution < -0.4 is 9.47 Å². The van der Waals surface area contributed by atoms with Gasteiger partial charge in [0, 0.05) is 11.1 Å². The van der Waals surface area contributed by atoms with Gasteiger partial charge in [0.25, 0.3) is 0 Å². The Balaban J connectivity index is 2.04. The number of allylic oxidation sites excluding steroid dienone is 1. The Morgan fingerprint density at radius 1 is 0.920 bits per heavy atom. The molecule has 0 bridgehead atoms. The fourth-order valence-corrected chi connectivity index (χ4v) is 2.70. The van der Waals surface area contributed by atoms with E-state index in [1.54, 1.807) is 18.2 Å². The smallest absolute Gasteiger partial charge is 0.335 e. The monoisotopic (exact) mass is 338 g/mol. The fourth-order valence-electron chi connectivity index (χ4n) is 2.70. The van der Waals surface area contributed by atoms with Gasteiger partial charge in [-0.05, 0) is 42.0 Å². The SMILES string of the molecule is COc1ccc(C=C2C(=O)c3ccc(C(=O)O)cc3C2=O)cc1OC. The highest BCUT2D eigenvalue weighted by atomic mass is 16.5. The zero-order chi connectivity index (χ0) is 18.1. The first kappa shape index (κ1) is 16.4. The molecule has 1 aliphatic carbocycles. The first-order valence-corrected chi connectivity index (χ1v) is 7.36. The maximum Gasteiger partial charge on any atom is 0.335 e. The predicted octanol–water partition coefficient (Wildman–Crippen LogP) is 2.86. The quantitative estimate of drug-likeness (QED) is 0.681. The van der Waals surface area contributed by atoms with Crippen molar-refractivity contribution >= 4 is 23.6 Å². The van der Waals surface area contributed by atoms with Crippen molar-refractivity contribution in [1.82, 2.24) is 0 Å². The number of methoxy groups -OCH3 is 2. The van der Waals surface area contributed by atoms with Gasteiger partial charge in [-0.1, -0.05) is 6.07 Å². The summed E-state index contributed by atoms with van der Waals surface area (Å²) in [4.78, 5) is 36.1. The summed E-state index contributed by atoms with van der Waals surface area (Å²) >= 11 is 0. The predicted molar refractivity (Wildman–Crippen MR) is 89.6 cm³/mol. The molecule has 6 heteroatoms. The van der Waals surface area contributed by atoms with Crippen LogP contribution in [0.2, 0.25) is 0 Å². The molecule has 0 saturated carbocycles. The minimum Gasteiger partial charge on any atom is -0.493 e. The average Bonchev–Trinajstić information content (AvgIpc) is 2.86. The Bertz CT molecular complexity index is 939. The second-order valence-electron chi connectivity index (χ2n) is 5.40. The fraction of sp³-hybridized carbons (Fsp3) is 0.105. The highest BCUT2D eigenvalue weighted by Crippen LogP contribution is 2.32. The van der Waals surface area contributed by atoms with Crippen LogP contribution in [0.5, 0.6) is 11.5 Å². The number of ketones is 2. The molecule has 2 aromatic rings. The number of fused-ring (bicyclic) bond motifs is 1. The van der Waals surface area contributed by atoms with E-state index >= 15 is 0 Å². The van der Waals surface area contributed by atoms with Crippen LogP contribution >= 0.6 is 0 Å². The maximum atomic E-state index is 12.5. The zero-order valence-electron chi connectivity index (χ0n) is 13.5. The number of hydrogen-bond acceptors (Lipinski definition) is 5. The van der Waals surface area contributed by atoms with Crippen molar-refractivity contribution < 1.29 is 29.0 Å². The molecule has 0 aliphatic heterocycles. The van der Waals surface area contributed by atoms with Crippen LogP contribution in [0.15, 0.2) is 42.0 Å². The van der Waals surface area contributed by atoms with E-state index in [0.717, 1.165) is 0 Å². The van der Waals surface area contributed by atoms with Gasteiger partial charge in [0.1, 0.15) is 0 Å². The van der Waals surface area contributed by atoms with Gasteiger partial charge in [-0.15, -0.1) is 0 Å². The third-order valence-electron chi connectivity index (χ3n) is 3.96. The molecule has 0 amide bonds. The van der Waals surface area contributed by atoms with E-state index in [1.807, 2.05) is 0 Å². The standard InChI is InChI=1S/C19H14O6/c1-24-15-6-3-10(8-16(15)25-2)7-14-17(20)12-5-4-11(19(22)23)9-13(12)18(14)21/h3-9H,1-2H3,(H,22,23). The topological polar surface area (TPSA) is 89.9 Å². The second-order valence-corrected chi connectivity index (χ2v) is 5.40. The largest absolute Gasteiger partial charge is 0.493 e. The third-order valence-corrected chi connectivity index (χ3v) is 3.96. The third kappa shape index (κ3) is 2.78. The number of ether oxygens (including phenoxy) is 2. The molecule has 3 rings (SSSR count). The minimum atomic E-state index is -1.15. The van der Waals surface area contributed by atoms with Crippen molar-refractivity contribution in [3.05, 3.63) is 64.2 Å². The van der Waals surface area contributed by atoms with Crippen molar-refractivity contribution in [2.45, 2.75) is 0 Å². The summed E-state index contributed by atoms with van der Waals surface area (Å²) in [6, 6.07) is 8.93. The van der Waals surface area contributed by atoms with Crippen LogP contribution in [0.3, 0.4) is 0 Å². The number of carboxylic acid groups (broad SMARTS) is 1. The van der Waals surface area contributed by atoms with E-state index in [0.29, 0.717) is 17.1 Å². The Hall–Kier alpha value is -3.41. The van der Waals surface area contributed by atoms with Crippen LogP contribution in [-0.2, 0) is 0 Å². The van der Waals surface area contributed by atoms with Crippen molar-refractivity contribution in [3.8, 4) is 11.5 Å². The summed E-state index contributed by atoms with van der Waals surface area (Å²) in [5.74, 6) is -1.06. The lowest BCUT2D eigenvalue weighted by Crippen LogP contribution is -2.01. The summed E-state index contributed by atoms with van der Waals surface area (Å²) in [5.41, 5.74) is 0.871. The molecule has 6 nitrogen and oxygen atoms in total. The zero-order valence-corrected chi connectivity index (χ0v) is 13.5. The summed E-state index contributed by atoms with van der Waals surface area (Å²) < 4.78 is 10.4. The summed E-state index contributed by atoms with van der Waals surface area (Å²) in [6.07, 6.45) is 1.47. The highest BCUT2D eigenvalue weighted by molar-refractivity contribution is 6.41. The molecule has 126 valence electrons. The molecule has 0 saturated heterocycles. The van der Waals surface area contributed by atoms with E-state index in [9.17, 15) is 14.4 Å². The van der Waals surface area contributed by atoms with E-state index in [2.05, 4.69) is 0 Å². The number of hydrogen-bond donors (Lipinski definition) is 1. The molecule has 0 heterocycles. The Morgan fingerprint density at radius 3 is 2.24 bits per heavy atom. The first-order chi connectivity index (χ1) is 12.0. The summed E-state index contributed by atoms with van der Waals surface area (Å²) in [6.45, 7) is 0. The number of rotatable bonds is 4. The number of carboxylic acids is 1. The molecule has 1 aliphatic rings. The molecule has 25 heavy (non-hydrogen) atoms. The van der Waals surface area contributed by atoms with Crippen LogP contribution in [0.1, 0.15) is 36.6 Å². The Kier molecular flexibility index (Phi) is 4.10. The van der Waals surface area contributed by atoms with Gasteiger partial charge in [0.2, 0.25) is 0 Å². The van der Waals surface area contributed by atoms with Crippen molar-refractivity contribution in [3.63, 3.8) is 0 Å². The molecule has 0 fully saturated rings. The molecule has 0 spiro atoms. The number of Topliss-reactive ketones (excluding diaryl/α,β-unsaturated/α-hetero) is 2. The highest BCUT2D eigenvalue weighted by Gasteiger charge is 2.33. The van der Waals surface area contributed by atoms with E-state index in [4.69, 9.17) is 14.6 Å². The van der Waals surface area contributed by atoms with Gasteiger partial charge >= 0.3 is 5.97 Å². The Labute approximate surface area is 143 Å². The van der Waals surface area contributed by atoms with Gasteiger partial charge in [0.15, 0.2) is 23.1 Å². The van der Waals surface area contributed by atoms with Crippen molar-refractivity contribution in [2.75, 3.05) is 14.2 Å². The van der Waals surface area contributed by atoms with E-state index in [-0.39, 0.29) is 22.3 Å². The van der Waals surface area contributed by atoms with Gasteiger partial charge < -0.3 is 14.6 Å². The maximum absolute atomic E-state index is 12.5. The summed E-state index contributed by atoms with van der Waals surface area (Å²) in [5, 5.41) is 9.04. The van der Waals surface area contributed by atoms with Gasteiger partial charge in [-0.25, -0.2) is 4.79 Å². The van der Waals surface area contributed by atoms with Crippen molar-refractivity contribution in [2.24, 2.45) is 0 Å². The van der Waals surface area contributed by atoms with Crippen LogP contribution in [0.25, 0.3) is 6.08 Å². The van der Waals surface area contributed by atoms with Crippen LogP contribution in [0.4, 0.5) is 0 Å². The second kappa shape index (κ2) is 6.24. The molecule has 0 unspecified atom stereocenters. The lowest BCUT2D eigenvalue weighted by atomic mass is 10.1.